The molecule has 0 aromatic heterocycles. The fourth-order valence-electron chi connectivity index (χ4n) is 1.63. The summed E-state index contributed by atoms with van der Waals surface area (Å²) < 4.78 is 42.5. The molecule has 1 aliphatic heterocycles. The lowest BCUT2D eigenvalue weighted by Gasteiger charge is -2.25. The van der Waals surface area contributed by atoms with Gasteiger partial charge in [0.2, 0.25) is 6.10 Å². The molecule has 86 valence electrons. The summed E-state index contributed by atoms with van der Waals surface area (Å²) in [7, 11) is 0. The largest absolute Gasteiger partial charge is 0.476 e. The van der Waals surface area contributed by atoms with Gasteiger partial charge in [-0.05, 0) is 31.1 Å². The van der Waals surface area contributed by atoms with Crippen LogP contribution in [0.2, 0.25) is 0 Å². The van der Waals surface area contributed by atoms with E-state index in [0.717, 1.165) is 17.2 Å². The van der Waals surface area contributed by atoms with Crippen LogP contribution in [0.25, 0.3) is 6.08 Å². The highest BCUT2D eigenvalue weighted by molar-refractivity contribution is 5.63. The molecule has 1 aromatic rings. The van der Waals surface area contributed by atoms with Crippen LogP contribution in [-0.2, 0) is 0 Å². The van der Waals surface area contributed by atoms with Crippen molar-refractivity contribution in [1.29, 1.82) is 0 Å². The molecule has 0 radical (unpaired) electrons. The van der Waals surface area contributed by atoms with Gasteiger partial charge in [-0.1, -0.05) is 18.2 Å². The minimum absolute atomic E-state index is 0.338. The average molecular weight is 228 g/mol. The van der Waals surface area contributed by atoms with E-state index >= 15 is 0 Å². The highest BCUT2D eigenvalue weighted by Gasteiger charge is 2.41. The summed E-state index contributed by atoms with van der Waals surface area (Å²) in [5.41, 5.74) is 2.38. The number of hydrogen-bond donors (Lipinski definition) is 0. The SMILES string of the molecule is Cc1ccc2c(c1C)OC(C(F)(F)F)C=C2. The standard InChI is InChI=1S/C12H11F3O/c1-7-3-4-9-5-6-10(12(13,14)15)16-11(9)8(7)2/h3-6,10H,1-2H3. The quantitative estimate of drug-likeness (QED) is 0.658. The van der Waals surface area contributed by atoms with Crippen molar-refractivity contribution in [2.75, 3.05) is 0 Å². The Kier molecular flexibility index (Phi) is 2.45. The number of rotatable bonds is 0. The summed E-state index contributed by atoms with van der Waals surface area (Å²) in [6.45, 7) is 3.61. The van der Waals surface area contributed by atoms with Crippen LogP contribution in [0.4, 0.5) is 13.2 Å². The van der Waals surface area contributed by atoms with E-state index < -0.39 is 12.3 Å². The smallest absolute Gasteiger partial charge is 0.429 e. The average Bonchev–Trinajstić information content (AvgIpc) is 2.22. The predicted molar refractivity (Wildman–Crippen MR) is 55.4 cm³/mol. The molecule has 0 saturated heterocycles. The lowest BCUT2D eigenvalue weighted by molar-refractivity contribution is -0.180. The van der Waals surface area contributed by atoms with Crippen molar-refractivity contribution in [3.8, 4) is 5.75 Å². The van der Waals surface area contributed by atoms with Crippen LogP contribution in [0.1, 0.15) is 16.7 Å². The first-order valence-corrected chi connectivity index (χ1v) is 4.91. The molecule has 1 atom stereocenters. The Morgan fingerprint density at radius 2 is 1.88 bits per heavy atom. The van der Waals surface area contributed by atoms with Crippen molar-refractivity contribution < 1.29 is 17.9 Å². The highest BCUT2D eigenvalue weighted by atomic mass is 19.4. The molecule has 1 aromatic carbocycles. The van der Waals surface area contributed by atoms with E-state index in [1.807, 2.05) is 13.0 Å². The number of aryl methyl sites for hydroxylation is 1. The molecule has 0 saturated carbocycles. The molecule has 0 N–H and O–H groups in total. The fraction of sp³-hybridized carbons (Fsp3) is 0.333. The van der Waals surface area contributed by atoms with Gasteiger partial charge in [0.15, 0.2) is 0 Å². The van der Waals surface area contributed by atoms with Gasteiger partial charge in [-0.15, -0.1) is 0 Å². The predicted octanol–water partition coefficient (Wildman–Crippen LogP) is 3.64. The molecule has 0 bridgehead atoms. The van der Waals surface area contributed by atoms with E-state index in [-0.39, 0.29) is 0 Å². The third-order valence-corrected chi connectivity index (χ3v) is 2.73. The molecule has 2 rings (SSSR count). The number of halogens is 3. The Hall–Kier alpha value is -1.45. The molecule has 1 nitrogen and oxygen atoms in total. The third-order valence-electron chi connectivity index (χ3n) is 2.73. The first-order valence-electron chi connectivity index (χ1n) is 4.91. The molecule has 1 heterocycles. The summed E-state index contributed by atoms with van der Waals surface area (Å²) in [4.78, 5) is 0. The lowest BCUT2D eigenvalue weighted by Crippen LogP contribution is -2.34. The molecule has 16 heavy (non-hydrogen) atoms. The number of fused-ring (bicyclic) bond motifs is 1. The molecule has 1 unspecified atom stereocenters. The minimum Gasteiger partial charge on any atom is -0.476 e. The van der Waals surface area contributed by atoms with Gasteiger partial charge < -0.3 is 4.74 Å². The zero-order valence-corrected chi connectivity index (χ0v) is 8.93. The van der Waals surface area contributed by atoms with Crippen molar-refractivity contribution in [3.63, 3.8) is 0 Å². The van der Waals surface area contributed by atoms with Crippen molar-refractivity contribution >= 4 is 6.08 Å². The van der Waals surface area contributed by atoms with E-state index in [9.17, 15) is 13.2 Å². The van der Waals surface area contributed by atoms with Crippen LogP contribution >= 0.6 is 0 Å². The van der Waals surface area contributed by atoms with Gasteiger partial charge in [0.05, 0.1) is 0 Å². The number of ether oxygens (including phenoxy) is 1. The van der Waals surface area contributed by atoms with Crippen molar-refractivity contribution in [2.24, 2.45) is 0 Å². The Balaban J connectivity index is 2.43. The molecule has 1 aliphatic rings. The first kappa shape index (κ1) is 11.0. The minimum atomic E-state index is -4.36. The topological polar surface area (TPSA) is 9.23 Å². The second-order valence-electron chi connectivity index (χ2n) is 3.86. The van der Waals surface area contributed by atoms with Crippen molar-refractivity contribution in [1.82, 2.24) is 0 Å². The fourth-order valence-corrected chi connectivity index (χ4v) is 1.63. The Morgan fingerprint density at radius 3 is 2.50 bits per heavy atom. The van der Waals surface area contributed by atoms with E-state index in [0.29, 0.717) is 11.3 Å². The van der Waals surface area contributed by atoms with Crippen LogP contribution in [-0.4, -0.2) is 12.3 Å². The number of alkyl halides is 3. The zero-order chi connectivity index (χ0) is 11.9. The maximum atomic E-state index is 12.5. The second-order valence-corrected chi connectivity index (χ2v) is 3.86. The maximum absolute atomic E-state index is 12.5. The van der Waals surface area contributed by atoms with Crippen LogP contribution in [0.3, 0.4) is 0 Å². The van der Waals surface area contributed by atoms with Crippen LogP contribution < -0.4 is 4.74 Å². The number of benzene rings is 1. The van der Waals surface area contributed by atoms with Crippen LogP contribution in [0, 0.1) is 13.8 Å². The summed E-state index contributed by atoms with van der Waals surface area (Å²) >= 11 is 0. The lowest BCUT2D eigenvalue weighted by atomic mass is 10.0. The summed E-state index contributed by atoms with van der Waals surface area (Å²) in [5.74, 6) is 0.338. The van der Waals surface area contributed by atoms with E-state index in [1.165, 1.54) is 6.08 Å². The number of hydrogen-bond acceptors (Lipinski definition) is 1. The van der Waals surface area contributed by atoms with Crippen LogP contribution in [0.5, 0.6) is 5.75 Å². The second kappa shape index (κ2) is 3.54. The van der Waals surface area contributed by atoms with E-state index in [1.54, 1.807) is 13.0 Å². The Morgan fingerprint density at radius 1 is 1.19 bits per heavy atom. The van der Waals surface area contributed by atoms with E-state index in [2.05, 4.69) is 0 Å². The maximum Gasteiger partial charge on any atom is 0.429 e. The van der Waals surface area contributed by atoms with Gasteiger partial charge in [-0.2, -0.15) is 13.2 Å². The van der Waals surface area contributed by atoms with Gasteiger partial charge in [0.1, 0.15) is 5.75 Å². The zero-order valence-electron chi connectivity index (χ0n) is 8.93. The van der Waals surface area contributed by atoms with Gasteiger partial charge >= 0.3 is 6.18 Å². The summed E-state index contributed by atoms with van der Waals surface area (Å²) in [6, 6.07) is 3.64. The molecule has 0 fully saturated rings. The molecule has 0 amide bonds. The summed E-state index contributed by atoms with van der Waals surface area (Å²) in [6.07, 6.45) is -3.69. The van der Waals surface area contributed by atoms with Gasteiger partial charge in [0, 0.05) is 5.56 Å². The molecule has 0 spiro atoms. The molecule has 0 aliphatic carbocycles. The summed E-state index contributed by atoms with van der Waals surface area (Å²) in [5, 5.41) is 0. The van der Waals surface area contributed by atoms with Gasteiger partial charge in [-0.25, -0.2) is 0 Å². The van der Waals surface area contributed by atoms with Crippen molar-refractivity contribution in [2.45, 2.75) is 26.1 Å². The van der Waals surface area contributed by atoms with Crippen LogP contribution in [0.15, 0.2) is 18.2 Å². The van der Waals surface area contributed by atoms with Gasteiger partial charge in [-0.3, -0.25) is 0 Å². The monoisotopic (exact) mass is 228 g/mol. The molecule has 4 heteroatoms. The normalized spacial score (nSPS) is 19.2. The Labute approximate surface area is 91.5 Å². The third kappa shape index (κ3) is 1.79. The first-order chi connectivity index (χ1) is 7.39. The molecular weight excluding hydrogens is 217 g/mol. The highest BCUT2D eigenvalue weighted by Crippen LogP contribution is 2.36. The molecular formula is C12H11F3O. The van der Waals surface area contributed by atoms with E-state index in [4.69, 9.17) is 4.74 Å². The Bertz CT molecular complexity index is 446. The van der Waals surface area contributed by atoms with Crippen molar-refractivity contribution in [3.05, 3.63) is 34.9 Å². The van der Waals surface area contributed by atoms with Gasteiger partial charge in [0.25, 0.3) is 0 Å².